The summed E-state index contributed by atoms with van der Waals surface area (Å²) in [5, 5.41) is 13.1. The smallest absolute Gasteiger partial charge is 0.226 e. The maximum Gasteiger partial charge on any atom is 0.226 e. The fourth-order valence-corrected chi connectivity index (χ4v) is 9.02. The summed E-state index contributed by atoms with van der Waals surface area (Å²) < 4.78 is 0. The number of nitrogens with zero attached hydrogens (tertiary/aromatic N) is 1. The number of nitrogens with one attached hydrogen (secondary N) is 1. The maximum absolute atomic E-state index is 13.7. The van der Waals surface area contributed by atoms with E-state index >= 15 is 0 Å². The van der Waals surface area contributed by atoms with Crippen LogP contribution in [0.15, 0.2) is 23.3 Å². The highest BCUT2D eigenvalue weighted by Crippen LogP contribution is 2.67. The number of carbonyl (C=O) groups is 3. The van der Waals surface area contributed by atoms with Crippen LogP contribution >= 0.6 is 0 Å². The van der Waals surface area contributed by atoms with Crippen molar-refractivity contribution in [2.75, 3.05) is 6.54 Å². The molecule has 5 atom stereocenters. The summed E-state index contributed by atoms with van der Waals surface area (Å²) in [5.41, 5.74) is -0.797. The van der Waals surface area contributed by atoms with Gasteiger partial charge in [-0.05, 0) is 93.0 Å². The predicted molar refractivity (Wildman–Crippen MR) is 161 cm³/mol. The monoisotopic (exact) mass is 550 g/mol. The molecule has 5 nitrogen and oxygen atoms in total. The van der Waals surface area contributed by atoms with Crippen LogP contribution in [0.25, 0.3) is 0 Å². The van der Waals surface area contributed by atoms with Crippen molar-refractivity contribution >= 4 is 17.5 Å². The fourth-order valence-electron chi connectivity index (χ4n) is 9.02. The molecule has 5 heteroatoms. The number of amides is 1. The molecule has 0 radical (unpaired) electrons. The topological polar surface area (TPSA) is 87.0 Å². The van der Waals surface area contributed by atoms with Gasteiger partial charge in [0.25, 0.3) is 0 Å². The molecule has 222 valence electrons. The van der Waals surface area contributed by atoms with Crippen LogP contribution in [-0.4, -0.2) is 24.0 Å². The van der Waals surface area contributed by atoms with E-state index in [2.05, 4.69) is 59.9 Å². The molecule has 3 aliphatic rings. The first-order valence-corrected chi connectivity index (χ1v) is 15.4. The Kier molecular flexibility index (Phi) is 8.53. The third-order valence-electron chi connectivity index (χ3n) is 12.0. The molecule has 0 saturated heterocycles. The first-order chi connectivity index (χ1) is 18.2. The van der Waals surface area contributed by atoms with Gasteiger partial charge in [-0.25, -0.2) is 0 Å². The second kappa shape index (κ2) is 10.6. The van der Waals surface area contributed by atoms with E-state index in [4.69, 9.17) is 0 Å². The summed E-state index contributed by atoms with van der Waals surface area (Å²) in [6, 6.07) is 2.17. The highest BCUT2D eigenvalue weighted by atomic mass is 16.2. The minimum atomic E-state index is -0.692. The van der Waals surface area contributed by atoms with Crippen molar-refractivity contribution in [3.63, 3.8) is 0 Å². The van der Waals surface area contributed by atoms with Gasteiger partial charge >= 0.3 is 0 Å². The summed E-state index contributed by atoms with van der Waals surface area (Å²) in [7, 11) is 0. The molecule has 0 bridgehead atoms. The number of ketones is 2. The van der Waals surface area contributed by atoms with Gasteiger partial charge in [0, 0.05) is 17.4 Å². The molecule has 0 aliphatic heterocycles. The van der Waals surface area contributed by atoms with Crippen LogP contribution in [0.5, 0.6) is 0 Å². The lowest BCUT2D eigenvalue weighted by molar-refractivity contribution is -0.140. The highest BCUT2D eigenvalue weighted by Gasteiger charge is 2.61. The van der Waals surface area contributed by atoms with E-state index in [9.17, 15) is 19.6 Å². The Morgan fingerprint density at radius 2 is 1.75 bits per heavy atom. The van der Waals surface area contributed by atoms with Gasteiger partial charge in [-0.1, -0.05) is 74.0 Å². The molecule has 0 aromatic rings. The Morgan fingerprint density at radius 3 is 2.27 bits per heavy atom. The molecule has 1 amide bonds. The maximum atomic E-state index is 13.7. The summed E-state index contributed by atoms with van der Waals surface area (Å²) in [5.74, 6) is 0.353. The minimum Gasteiger partial charge on any atom is -0.356 e. The van der Waals surface area contributed by atoms with Crippen LogP contribution in [0.2, 0.25) is 0 Å². The van der Waals surface area contributed by atoms with Gasteiger partial charge in [0.15, 0.2) is 11.6 Å². The Hall–Kier alpha value is -2.22. The predicted octanol–water partition coefficient (Wildman–Crippen LogP) is 7.76. The molecule has 3 aliphatic carbocycles. The van der Waals surface area contributed by atoms with Crippen LogP contribution in [0.3, 0.4) is 0 Å². The van der Waals surface area contributed by atoms with Crippen LogP contribution in [0, 0.1) is 55.7 Å². The molecule has 0 heterocycles. The first-order valence-electron chi connectivity index (χ1n) is 15.4. The fraction of sp³-hybridized carbons (Fsp3) is 0.771. The molecule has 40 heavy (non-hydrogen) atoms. The van der Waals surface area contributed by atoms with E-state index in [0.29, 0.717) is 6.54 Å². The van der Waals surface area contributed by atoms with Crippen LogP contribution in [0.1, 0.15) is 121 Å². The molecule has 0 aromatic heterocycles. The highest BCUT2D eigenvalue weighted by molar-refractivity contribution is 6.04. The molecular weight excluding hydrogens is 496 g/mol. The largest absolute Gasteiger partial charge is 0.356 e. The number of nitriles is 1. The number of fused-ring (bicyclic) bond motifs is 1. The molecular formula is C35H54N2O3. The second-order valence-electron chi connectivity index (χ2n) is 15.8. The molecule has 3 rings (SSSR count). The SMILES string of the molecule is CCNC(=O)[C@]1(CCC(C)(C)[C@]2(C)CC[C@H]3C(C)(C)C(=O)C(C#N)=C[C@]3(C)/C2=C/C(C)=O)CCC(C)(C)C[C@@H]1C. The Morgan fingerprint density at radius 1 is 1.12 bits per heavy atom. The van der Waals surface area contributed by atoms with Gasteiger partial charge in [-0.3, -0.25) is 14.4 Å². The lowest BCUT2D eigenvalue weighted by Gasteiger charge is -2.61. The van der Waals surface area contributed by atoms with Crippen LogP contribution < -0.4 is 5.32 Å². The van der Waals surface area contributed by atoms with E-state index < -0.39 is 16.2 Å². The lowest BCUT2D eigenvalue weighted by Crippen LogP contribution is -2.56. The number of hydrogen-bond acceptors (Lipinski definition) is 4. The standard InChI is InChI=1S/C35H54N2O3/c1-12-37-29(40)35(17-15-30(4,5)20-23(35)2)18-16-31(6,7)34(11)14-13-26-32(8,9)28(39)25(22-36)21-33(26,10)27(34)19-24(3)38/h19,21,23,26H,12-18,20H2,1-11H3,(H,37,40)/b27-19-/t23-,26-,33-,34+,35-/m0/s1. The van der Waals surface area contributed by atoms with Gasteiger partial charge in [0.2, 0.25) is 5.91 Å². The summed E-state index contributed by atoms with van der Waals surface area (Å²) in [6.07, 6.45) is 9.96. The third-order valence-corrected chi connectivity index (χ3v) is 12.0. The van der Waals surface area contributed by atoms with E-state index in [1.807, 2.05) is 26.8 Å². The van der Waals surface area contributed by atoms with E-state index in [1.54, 1.807) is 13.0 Å². The second-order valence-corrected chi connectivity index (χ2v) is 15.8. The average Bonchev–Trinajstić information content (AvgIpc) is 2.83. The molecule has 2 saturated carbocycles. The third kappa shape index (κ3) is 5.14. The van der Waals surface area contributed by atoms with Gasteiger partial charge < -0.3 is 5.32 Å². The zero-order chi connectivity index (χ0) is 30.5. The Labute approximate surface area is 243 Å². The van der Waals surface area contributed by atoms with Crippen molar-refractivity contribution in [3.8, 4) is 6.07 Å². The van der Waals surface area contributed by atoms with Crippen molar-refractivity contribution < 1.29 is 14.4 Å². The van der Waals surface area contributed by atoms with E-state index in [-0.39, 0.29) is 51.1 Å². The quantitative estimate of drug-likeness (QED) is 0.328. The van der Waals surface area contributed by atoms with Crippen molar-refractivity contribution in [2.24, 2.45) is 44.3 Å². The molecule has 0 aromatic carbocycles. The number of allylic oxidation sites excluding steroid dienone is 4. The average molecular weight is 551 g/mol. The Bertz CT molecular complexity index is 1170. The van der Waals surface area contributed by atoms with Gasteiger partial charge in [-0.2, -0.15) is 5.26 Å². The van der Waals surface area contributed by atoms with Gasteiger partial charge in [0.1, 0.15) is 6.07 Å². The molecule has 2 fully saturated rings. The molecule has 0 unspecified atom stereocenters. The summed E-state index contributed by atoms with van der Waals surface area (Å²) in [4.78, 5) is 39.7. The van der Waals surface area contributed by atoms with Crippen LogP contribution in [-0.2, 0) is 14.4 Å². The van der Waals surface area contributed by atoms with E-state index in [1.165, 1.54) is 0 Å². The number of Topliss-reactive ketones (excluding diaryl/α,β-unsaturated/α-hetero) is 1. The zero-order valence-corrected chi connectivity index (χ0v) is 27.1. The summed E-state index contributed by atoms with van der Waals surface area (Å²) in [6.45, 7) is 24.0. The first kappa shape index (κ1) is 32.3. The number of rotatable bonds is 7. The molecule has 0 spiro atoms. The van der Waals surface area contributed by atoms with Gasteiger partial charge in [0.05, 0.1) is 11.0 Å². The zero-order valence-electron chi connectivity index (χ0n) is 27.1. The summed E-state index contributed by atoms with van der Waals surface area (Å²) >= 11 is 0. The minimum absolute atomic E-state index is 0.00125. The normalized spacial score (nSPS) is 36.3. The van der Waals surface area contributed by atoms with Crippen molar-refractivity contribution in [1.29, 1.82) is 5.26 Å². The number of carbonyl (C=O) groups excluding carboxylic acids is 3. The van der Waals surface area contributed by atoms with Crippen molar-refractivity contribution in [3.05, 3.63) is 23.3 Å². The number of hydrogen-bond donors (Lipinski definition) is 1. The Balaban J connectivity index is 2.08. The van der Waals surface area contributed by atoms with Gasteiger partial charge in [-0.15, -0.1) is 0 Å². The van der Waals surface area contributed by atoms with Crippen molar-refractivity contribution in [2.45, 2.75) is 121 Å². The molecule has 1 N–H and O–H groups in total. The van der Waals surface area contributed by atoms with Crippen LogP contribution in [0.4, 0.5) is 0 Å². The van der Waals surface area contributed by atoms with E-state index in [0.717, 1.165) is 50.5 Å². The lowest BCUT2D eigenvalue weighted by atomic mass is 9.42. The van der Waals surface area contributed by atoms with Crippen molar-refractivity contribution in [1.82, 2.24) is 5.32 Å².